The quantitative estimate of drug-likeness (QED) is 0.332. The molecule has 0 spiro atoms. The number of sulfonamides is 1. The van der Waals surface area contributed by atoms with E-state index in [4.69, 9.17) is 4.74 Å². The van der Waals surface area contributed by atoms with Crippen molar-refractivity contribution < 1.29 is 22.9 Å². The summed E-state index contributed by atoms with van der Waals surface area (Å²) < 4.78 is 32.3. The molecule has 1 heterocycles. The second-order valence-corrected chi connectivity index (χ2v) is 9.31. The molecule has 3 rings (SSSR count). The standard InChI is InChI=1S/C21H26N4O6S/c1-31-17-8-10-18(11-9-17)32(29,30)24-14-4-5-16(15-24)21(26)23-13-12-22-19-6-2-3-7-20(19)25(27)28/h2-3,6-11,16,22H,4-5,12-15H2,1H3,(H,23,26). The van der Waals surface area contributed by atoms with Crippen molar-refractivity contribution in [2.75, 3.05) is 38.6 Å². The minimum absolute atomic E-state index is 0.0366. The number of ether oxygens (including phenoxy) is 1. The van der Waals surface area contributed by atoms with E-state index in [1.165, 1.54) is 29.6 Å². The monoisotopic (exact) mass is 462 g/mol. The van der Waals surface area contributed by atoms with Crippen LogP contribution in [0.2, 0.25) is 0 Å². The van der Waals surface area contributed by atoms with Crippen LogP contribution in [0.15, 0.2) is 53.4 Å². The van der Waals surface area contributed by atoms with Gasteiger partial charge in [0.25, 0.3) is 5.69 Å². The summed E-state index contributed by atoms with van der Waals surface area (Å²) in [5, 5.41) is 16.8. The van der Waals surface area contributed by atoms with Gasteiger partial charge in [0.05, 0.1) is 22.8 Å². The van der Waals surface area contributed by atoms with Crippen molar-refractivity contribution in [2.45, 2.75) is 17.7 Å². The fourth-order valence-electron chi connectivity index (χ4n) is 3.58. The van der Waals surface area contributed by atoms with Crippen molar-refractivity contribution in [2.24, 2.45) is 5.92 Å². The molecule has 10 nitrogen and oxygen atoms in total. The molecule has 1 saturated heterocycles. The number of methoxy groups -OCH3 is 1. The Morgan fingerprint density at radius 3 is 2.59 bits per heavy atom. The summed E-state index contributed by atoms with van der Waals surface area (Å²) in [6.07, 6.45) is 1.18. The summed E-state index contributed by atoms with van der Waals surface area (Å²) in [7, 11) is -2.20. The number of nitro groups is 1. The van der Waals surface area contributed by atoms with E-state index >= 15 is 0 Å². The van der Waals surface area contributed by atoms with Crippen LogP contribution in [-0.4, -0.2) is 56.8 Å². The summed E-state index contributed by atoms with van der Waals surface area (Å²) in [6.45, 7) is 1.03. The Labute approximate surface area is 186 Å². The minimum atomic E-state index is -3.71. The van der Waals surface area contributed by atoms with E-state index in [0.717, 1.165) is 0 Å². The molecular weight excluding hydrogens is 436 g/mol. The van der Waals surface area contributed by atoms with E-state index in [1.807, 2.05) is 0 Å². The minimum Gasteiger partial charge on any atom is -0.497 e. The number of carbonyl (C=O) groups excluding carboxylic acids is 1. The van der Waals surface area contributed by atoms with Gasteiger partial charge < -0.3 is 15.4 Å². The van der Waals surface area contributed by atoms with Gasteiger partial charge in [0.1, 0.15) is 11.4 Å². The highest BCUT2D eigenvalue weighted by Crippen LogP contribution is 2.25. The van der Waals surface area contributed by atoms with Gasteiger partial charge in [-0.25, -0.2) is 8.42 Å². The molecule has 2 aromatic carbocycles. The molecule has 172 valence electrons. The van der Waals surface area contributed by atoms with Crippen LogP contribution in [0.25, 0.3) is 0 Å². The number of piperidine rings is 1. The smallest absolute Gasteiger partial charge is 0.292 e. The summed E-state index contributed by atoms with van der Waals surface area (Å²) in [6, 6.07) is 12.4. The van der Waals surface area contributed by atoms with E-state index in [2.05, 4.69) is 10.6 Å². The number of hydrogen-bond donors (Lipinski definition) is 2. The highest BCUT2D eigenvalue weighted by molar-refractivity contribution is 7.89. The Hall–Kier alpha value is -3.18. The predicted molar refractivity (Wildman–Crippen MR) is 119 cm³/mol. The fourth-order valence-corrected chi connectivity index (χ4v) is 5.10. The van der Waals surface area contributed by atoms with Crippen LogP contribution in [0.4, 0.5) is 11.4 Å². The van der Waals surface area contributed by atoms with Gasteiger partial charge in [0, 0.05) is 32.2 Å². The van der Waals surface area contributed by atoms with Crippen molar-refractivity contribution in [1.29, 1.82) is 0 Å². The van der Waals surface area contributed by atoms with Crippen molar-refractivity contribution in [3.05, 3.63) is 58.6 Å². The van der Waals surface area contributed by atoms with Crippen molar-refractivity contribution in [1.82, 2.24) is 9.62 Å². The van der Waals surface area contributed by atoms with Gasteiger partial charge in [-0.1, -0.05) is 12.1 Å². The molecule has 0 aromatic heterocycles. The predicted octanol–water partition coefficient (Wildman–Crippen LogP) is 2.23. The maximum Gasteiger partial charge on any atom is 0.292 e. The third kappa shape index (κ3) is 5.54. The number of para-hydroxylation sites is 2. The van der Waals surface area contributed by atoms with Crippen molar-refractivity contribution in [3.63, 3.8) is 0 Å². The Bertz CT molecular complexity index is 1060. The van der Waals surface area contributed by atoms with Crippen LogP contribution in [0, 0.1) is 16.0 Å². The number of anilines is 1. The summed E-state index contributed by atoms with van der Waals surface area (Å²) in [4.78, 5) is 23.3. The number of nitrogens with zero attached hydrogens (tertiary/aromatic N) is 2. The van der Waals surface area contributed by atoms with E-state index in [9.17, 15) is 23.3 Å². The van der Waals surface area contributed by atoms with Crippen LogP contribution in [-0.2, 0) is 14.8 Å². The first-order chi connectivity index (χ1) is 15.3. The summed E-state index contributed by atoms with van der Waals surface area (Å²) >= 11 is 0. The van der Waals surface area contributed by atoms with Gasteiger partial charge in [-0.05, 0) is 43.2 Å². The van der Waals surface area contributed by atoms with Gasteiger partial charge in [0.2, 0.25) is 15.9 Å². The van der Waals surface area contributed by atoms with Gasteiger partial charge in [-0.2, -0.15) is 4.31 Å². The molecule has 1 aliphatic heterocycles. The van der Waals surface area contributed by atoms with E-state index in [-0.39, 0.29) is 29.6 Å². The van der Waals surface area contributed by atoms with Gasteiger partial charge in [0.15, 0.2) is 0 Å². The molecule has 32 heavy (non-hydrogen) atoms. The van der Waals surface area contributed by atoms with E-state index in [1.54, 1.807) is 30.3 Å². The molecule has 1 fully saturated rings. The number of benzene rings is 2. The summed E-state index contributed by atoms with van der Waals surface area (Å²) in [5.74, 6) is -0.124. The molecule has 11 heteroatoms. The van der Waals surface area contributed by atoms with Crippen molar-refractivity contribution >= 4 is 27.3 Å². The number of rotatable bonds is 9. The van der Waals surface area contributed by atoms with E-state index < -0.39 is 20.9 Å². The lowest BCUT2D eigenvalue weighted by atomic mass is 9.99. The lowest BCUT2D eigenvalue weighted by molar-refractivity contribution is -0.384. The van der Waals surface area contributed by atoms with E-state index in [0.29, 0.717) is 37.4 Å². The SMILES string of the molecule is COc1ccc(S(=O)(=O)N2CCCC(C(=O)NCCNc3ccccc3[N+](=O)[O-])C2)cc1. The maximum absolute atomic E-state index is 12.9. The highest BCUT2D eigenvalue weighted by Gasteiger charge is 2.33. The Morgan fingerprint density at radius 2 is 1.91 bits per heavy atom. The molecule has 2 N–H and O–H groups in total. The first-order valence-corrected chi connectivity index (χ1v) is 11.7. The van der Waals surface area contributed by atoms with Gasteiger partial charge in [-0.3, -0.25) is 14.9 Å². The largest absolute Gasteiger partial charge is 0.497 e. The molecular formula is C21H26N4O6S. The second-order valence-electron chi connectivity index (χ2n) is 7.37. The summed E-state index contributed by atoms with van der Waals surface area (Å²) in [5.41, 5.74) is 0.340. The molecule has 0 radical (unpaired) electrons. The third-order valence-electron chi connectivity index (χ3n) is 5.29. The Balaban J connectivity index is 1.53. The second kappa shape index (κ2) is 10.4. The molecule has 1 amide bonds. The van der Waals surface area contributed by atoms with Crippen LogP contribution >= 0.6 is 0 Å². The molecule has 0 aliphatic carbocycles. The van der Waals surface area contributed by atoms with Crippen LogP contribution in [0.5, 0.6) is 5.75 Å². The molecule has 0 saturated carbocycles. The number of nitrogens with one attached hydrogen (secondary N) is 2. The lowest BCUT2D eigenvalue weighted by Gasteiger charge is -2.31. The third-order valence-corrected chi connectivity index (χ3v) is 7.17. The first kappa shape index (κ1) is 23.5. The fraction of sp³-hybridized carbons (Fsp3) is 0.381. The van der Waals surface area contributed by atoms with Crippen LogP contribution in [0.3, 0.4) is 0 Å². The molecule has 2 aromatic rings. The molecule has 0 bridgehead atoms. The van der Waals surface area contributed by atoms with Gasteiger partial charge in [-0.15, -0.1) is 0 Å². The van der Waals surface area contributed by atoms with Crippen LogP contribution < -0.4 is 15.4 Å². The zero-order valence-electron chi connectivity index (χ0n) is 17.7. The molecule has 1 unspecified atom stereocenters. The lowest BCUT2D eigenvalue weighted by Crippen LogP contribution is -2.46. The number of nitro benzene ring substituents is 1. The zero-order valence-corrected chi connectivity index (χ0v) is 18.5. The zero-order chi connectivity index (χ0) is 23.1. The molecule has 1 aliphatic rings. The van der Waals surface area contributed by atoms with Gasteiger partial charge >= 0.3 is 0 Å². The average molecular weight is 463 g/mol. The Kier molecular flexibility index (Phi) is 7.65. The number of carbonyl (C=O) groups is 1. The number of hydrogen-bond acceptors (Lipinski definition) is 7. The normalized spacial score (nSPS) is 16.8. The Morgan fingerprint density at radius 1 is 1.19 bits per heavy atom. The maximum atomic E-state index is 12.9. The van der Waals surface area contributed by atoms with Crippen molar-refractivity contribution in [3.8, 4) is 5.75 Å². The number of amides is 1. The highest BCUT2D eigenvalue weighted by atomic mass is 32.2. The van der Waals surface area contributed by atoms with Crippen LogP contribution in [0.1, 0.15) is 12.8 Å². The molecule has 1 atom stereocenters. The first-order valence-electron chi connectivity index (χ1n) is 10.2. The average Bonchev–Trinajstić information content (AvgIpc) is 2.82. The topological polar surface area (TPSA) is 131 Å².